The smallest absolute Gasteiger partial charge is 0.226 e. The van der Waals surface area contributed by atoms with Crippen LogP contribution in [-0.4, -0.2) is 33.7 Å². The van der Waals surface area contributed by atoms with Crippen molar-refractivity contribution in [2.24, 2.45) is 4.99 Å². The molecule has 1 aromatic rings. The number of rotatable bonds is 1. The topological polar surface area (TPSA) is 81.0 Å². The van der Waals surface area contributed by atoms with Crippen molar-refractivity contribution < 1.29 is 0 Å². The van der Waals surface area contributed by atoms with Crippen LogP contribution in [0.3, 0.4) is 0 Å². The molecule has 0 unspecified atom stereocenters. The zero-order valence-corrected chi connectivity index (χ0v) is 10.3. The second-order valence-corrected chi connectivity index (χ2v) is 3.98. The molecule has 0 radical (unpaired) electrons. The van der Waals surface area contributed by atoms with Gasteiger partial charge in [-0.2, -0.15) is 15.6 Å². The van der Waals surface area contributed by atoms with E-state index >= 15 is 0 Å². The van der Waals surface area contributed by atoms with Crippen LogP contribution in [0.1, 0.15) is 11.4 Å². The normalized spacial score (nSPS) is 13.8. The van der Waals surface area contributed by atoms with Crippen molar-refractivity contribution in [3.63, 3.8) is 0 Å². The Bertz CT molecular complexity index is 591. The van der Waals surface area contributed by atoms with E-state index in [9.17, 15) is 0 Å². The Morgan fingerprint density at radius 2 is 2.11 bits per heavy atom. The van der Waals surface area contributed by atoms with Gasteiger partial charge in [0.15, 0.2) is 0 Å². The minimum Gasteiger partial charge on any atom is -0.314 e. The fourth-order valence-electron chi connectivity index (χ4n) is 1.83. The van der Waals surface area contributed by atoms with Gasteiger partial charge in [0.25, 0.3) is 0 Å². The largest absolute Gasteiger partial charge is 0.314 e. The fourth-order valence-corrected chi connectivity index (χ4v) is 1.83. The third-order valence-corrected chi connectivity index (χ3v) is 2.58. The lowest BCUT2D eigenvalue weighted by atomic mass is 10.3. The molecular weight excluding hydrogens is 228 g/mol. The summed E-state index contributed by atoms with van der Waals surface area (Å²) in [6, 6.07) is 5.64. The molecule has 1 aromatic heterocycles. The lowest BCUT2D eigenvalue weighted by Gasteiger charge is -2.15. The quantitative estimate of drug-likeness (QED) is 0.684. The van der Waals surface area contributed by atoms with Crippen molar-refractivity contribution >= 4 is 5.96 Å². The maximum Gasteiger partial charge on any atom is 0.226 e. The van der Waals surface area contributed by atoms with Crippen molar-refractivity contribution in [3.8, 4) is 12.1 Å². The van der Waals surface area contributed by atoms with Gasteiger partial charge in [-0.1, -0.05) is 0 Å². The maximum absolute atomic E-state index is 8.77. The van der Waals surface area contributed by atoms with Gasteiger partial charge in [0.2, 0.25) is 5.96 Å². The van der Waals surface area contributed by atoms with Crippen LogP contribution in [0.2, 0.25) is 0 Å². The van der Waals surface area contributed by atoms with Crippen LogP contribution in [0, 0.1) is 36.5 Å². The first-order valence-electron chi connectivity index (χ1n) is 5.52. The number of nitrogens with zero attached hydrogens (tertiary/aromatic N) is 6. The van der Waals surface area contributed by atoms with E-state index in [1.807, 2.05) is 32.1 Å². The average molecular weight is 240 g/mol. The Balaban J connectivity index is 2.35. The Morgan fingerprint density at radius 1 is 1.39 bits per heavy atom. The summed E-state index contributed by atoms with van der Waals surface area (Å²) in [7, 11) is 0. The van der Waals surface area contributed by atoms with Gasteiger partial charge in [0.1, 0.15) is 17.7 Å². The number of aryl methyl sites for hydroxylation is 2. The summed E-state index contributed by atoms with van der Waals surface area (Å²) >= 11 is 0. The number of nitriles is 2. The molecule has 2 heterocycles. The molecule has 0 fully saturated rings. The first-order valence-corrected chi connectivity index (χ1v) is 5.52. The second kappa shape index (κ2) is 4.72. The summed E-state index contributed by atoms with van der Waals surface area (Å²) in [6.07, 6.45) is 1.52. The monoisotopic (exact) mass is 240 g/mol. The Labute approximate surface area is 105 Å². The van der Waals surface area contributed by atoms with E-state index < -0.39 is 0 Å². The molecule has 6 heteroatoms. The first kappa shape index (κ1) is 11.9. The van der Waals surface area contributed by atoms with Crippen LogP contribution in [0.25, 0.3) is 0 Å². The first-order chi connectivity index (χ1) is 8.65. The molecule has 18 heavy (non-hydrogen) atoms. The fraction of sp³-hybridized carbons (Fsp3) is 0.333. The predicted molar refractivity (Wildman–Crippen MR) is 65.4 cm³/mol. The summed E-state index contributed by atoms with van der Waals surface area (Å²) in [5.74, 6) is 0.656. The summed E-state index contributed by atoms with van der Waals surface area (Å²) in [4.78, 5) is 6.14. The van der Waals surface area contributed by atoms with Crippen molar-refractivity contribution in [1.82, 2.24) is 14.7 Å². The van der Waals surface area contributed by atoms with E-state index in [1.54, 1.807) is 9.58 Å². The van der Waals surface area contributed by atoms with E-state index in [2.05, 4.69) is 10.1 Å². The molecule has 1 aliphatic heterocycles. The van der Waals surface area contributed by atoms with Gasteiger partial charge in [0, 0.05) is 18.4 Å². The Hall–Kier alpha value is -2.60. The molecule has 0 aliphatic carbocycles. The van der Waals surface area contributed by atoms with Crippen LogP contribution >= 0.6 is 0 Å². The number of hydrogen-bond acceptors (Lipinski definition) is 5. The van der Waals surface area contributed by atoms with Gasteiger partial charge >= 0.3 is 0 Å². The van der Waals surface area contributed by atoms with Gasteiger partial charge in [-0.3, -0.25) is 0 Å². The SMILES string of the molecule is Cc1cc(C)n(C2=NCCN2C=C(C#N)C#N)n1. The highest BCUT2D eigenvalue weighted by atomic mass is 15.4. The van der Waals surface area contributed by atoms with Gasteiger partial charge in [0.05, 0.1) is 12.2 Å². The summed E-state index contributed by atoms with van der Waals surface area (Å²) in [6.45, 7) is 5.14. The molecule has 0 spiro atoms. The zero-order valence-electron chi connectivity index (χ0n) is 10.3. The average Bonchev–Trinajstić information content (AvgIpc) is 2.92. The highest BCUT2D eigenvalue weighted by molar-refractivity contribution is 5.84. The molecule has 0 aromatic carbocycles. The molecule has 0 atom stereocenters. The molecular formula is C12H12N6. The van der Waals surface area contributed by atoms with Gasteiger partial charge < -0.3 is 4.90 Å². The van der Waals surface area contributed by atoms with E-state index in [1.165, 1.54) is 6.20 Å². The Kier molecular flexibility index (Phi) is 3.11. The predicted octanol–water partition coefficient (Wildman–Crippen LogP) is 0.951. The molecule has 0 N–H and O–H groups in total. The number of hydrogen-bond donors (Lipinski definition) is 0. The number of aliphatic imine (C=N–C) groups is 1. The lowest BCUT2D eigenvalue weighted by Crippen LogP contribution is -2.30. The van der Waals surface area contributed by atoms with Crippen molar-refractivity contribution in [2.75, 3.05) is 13.1 Å². The highest BCUT2D eigenvalue weighted by Gasteiger charge is 2.20. The zero-order chi connectivity index (χ0) is 13.1. The van der Waals surface area contributed by atoms with Crippen LogP contribution < -0.4 is 0 Å². The number of allylic oxidation sites excluding steroid dienone is 1. The molecule has 6 nitrogen and oxygen atoms in total. The molecule has 2 rings (SSSR count). The third kappa shape index (κ3) is 2.09. The third-order valence-electron chi connectivity index (χ3n) is 2.58. The van der Waals surface area contributed by atoms with Crippen molar-refractivity contribution in [2.45, 2.75) is 13.8 Å². The second-order valence-electron chi connectivity index (χ2n) is 3.98. The summed E-state index contributed by atoms with van der Waals surface area (Å²) < 4.78 is 1.73. The number of aromatic nitrogens is 2. The van der Waals surface area contributed by atoms with Crippen LogP contribution in [0.15, 0.2) is 22.8 Å². The molecule has 90 valence electrons. The minimum atomic E-state index is 0.0612. The molecule has 0 bridgehead atoms. The molecule has 0 saturated carbocycles. The van der Waals surface area contributed by atoms with Gasteiger partial charge in [-0.25, -0.2) is 9.67 Å². The molecule has 0 saturated heterocycles. The van der Waals surface area contributed by atoms with E-state index in [0.717, 1.165) is 11.4 Å². The molecule has 0 amide bonds. The van der Waals surface area contributed by atoms with Crippen LogP contribution in [0.4, 0.5) is 0 Å². The van der Waals surface area contributed by atoms with Crippen LogP contribution in [0.5, 0.6) is 0 Å². The summed E-state index contributed by atoms with van der Waals surface area (Å²) in [5, 5.41) is 21.9. The minimum absolute atomic E-state index is 0.0612. The van der Waals surface area contributed by atoms with Crippen molar-refractivity contribution in [1.29, 1.82) is 10.5 Å². The van der Waals surface area contributed by atoms with Gasteiger partial charge in [-0.15, -0.1) is 0 Å². The molecule has 1 aliphatic rings. The highest BCUT2D eigenvalue weighted by Crippen LogP contribution is 2.10. The van der Waals surface area contributed by atoms with Crippen molar-refractivity contribution in [3.05, 3.63) is 29.2 Å². The standard InChI is InChI=1S/C12H12N6/c1-9-5-10(2)18(16-9)12-15-3-4-17(12)8-11(6-13)7-14/h5,8H,3-4H2,1-2H3. The van der Waals surface area contributed by atoms with Gasteiger partial charge in [-0.05, 0) is 19.9 Å². The lowest BCUT2D eigenvalue weighted by molar-refractivity contribution is 0.579. The van der Waals surface area contributed by atoms with E-state index in [4.69, 9.17) is 10.5 Å². The maximum atomic E-state index is 8.77. The van der Waals surface area contributed by atoms with E-state index in [0.29, 0.717) is 19.0 Å². The Morgan fingerprint density at radius 3 is 2.67 bits per heavy atom. The van der Waals surface area contributed by atoms with E-state index in [-0.39, 0.29) is 5.57 Å². The summed E-state index contributed by atoms with van der Waals surface area (Å²) in [5.41, 5.74) is 1.94. The van der Waals surface area contributed by atoms with Crippen LogP contribution in [-0.2, 0) is 0 Å².